The van der Waals surface area contributed by atoms with Crippen molar-refractivity contribution >= 4 is 57.3 Å². The number of benzene rings is 1. The number of amides is 3. The summed E-state index contributed by atoms with van der Waals surface area (Å²) in [5.74, 6) is -1.05. The van der Waals surface area contributed by atoms with Crippen LogP contribution in [0.2, 0.25) is 0 Å². The number of hydrazine groups is 1. The summed E-state index contributed by atoms with van der Waals surface area (Å²) in [4.78, 5) is 39.3. The summed E-state index contributed by atoms with van der Waals surface area (Å²) < 4.78 is 0.212. The molecule has 0 saturated carbocycles. The van der Waals surface area contributed by atoms with Crippen LogP contribution in [0.25, 0.3) is 5.57 Å². The van der Waals surface area contributed by atoms with Crippen LogP contribution >= 0.6 is 24.0 Å². The van der Waals surface area contributed by atoms with Gasteiger partial charge < -0.3 is 4.90 Å². The number of rotatable bonds is 6. The van der Waals surface area contributed by atoms with E-state index in [2.05, 4.69) is 12.3 Å². The molecule has 0 aliphatic carbocycles. The minimum atomic E-state index is -0.466. The van der Waals surface area contributed by atoms with Gasteiger partial charge in [0.15, 0.2) is 4.32 Å². The third-order valence-electron chi connectivity index (χ3n) is 4.42. The fraction of sp³-hybridized carbons (Fsp3) is 0.368. The van der Waals surface area contributed by atoms with E-state index < -0.39 is 11.8 Å². The number of thiocarbonyl (C=S) groups is 1. The summed E-state index contributed by atoms with van der Waals surface area (Å²) in [6, 6.07) is 7.48. The molecule has 0 atom stereocenters. The van der Waals surface area contributed by atoms with Crippen molar-refractivity contribution in [3.8, 4) is 0 Å². The molecule has 3 amide bonds. The highest BCUT2D eigenvalue weighted by molar-refractivity contribution is 8.26. The number of fused-ring (bicyclic) bond motifs is 1. The van der Waals surface area contributed by atoms with Crippen LogP contribution in [0.15, 0.2) is 29.2 Å². The van der Waals surface area contributed by atoms with Gasteiger partial charge in [-0.2, -0.15) is 5.01 Å². The maximum Gasteiger partial charge on any atom is 0.286 e. The molecule has 1 aromatic rings. The zero-order chi connectivity index (χ0) is 19.6. The van der Waals surface area contributed by atoms with Gasteiger partial charge in [0.05, 0.1) is 16.2 Å². The van der Waals surface area contributed by atoms with Crippen molar-refractivity contribution < 1.29 is 14.4 Å². The molecule has 3 rings (SSSR count). The van der Waals surface area contributed by atoms with Gasteiger partial charge in [0, 0.05) is 19.0 Å². The Morgan fingerprint density at radius 2 is 1.89 bits per heavy atom. The summed E-state index contributed by atoms with van der Waals surface area (Å²) in [5.41, 5.74) is 4.34. The van der Waals surface area contributed by atoms with Gasteiger partial charge in [0.2, 0.25) is 5.91 Å². The Bertz CT molecular complexity index is 850. The molecule has 142 valence electrons. The first-order chi connectivity index (χ1) is 13.0. The quantitative estimate of drug-likeness (QED) is 0.449. The summed E-state index contributed by atoms with van der Waals surface area (Å²) in [6.07, 6.45) is 4.23. The fourth-order valence-electron chi connectivity index (χ4n) is 3.19. The maximum absolute atomic E-state index is 13.1. The van der Waals surface area contributed by atoms with E-state index in [0.29, 0.717) is 12.1 Å². The molecule has 1 N–H and O–H groups in total. The molecule has 1 saturated heterocycles. The molecule has 0 aromatic heterocycles. The number of unbranched alkanes of at least 4 members (excludes halogenated alkanes) is 3. The third-order valence-corrected chi connectivity index (χ3v) is 5.80. The van der Waals surface area contributed by atoms with E-state index in [1.54, 1.807) is 4.90 Å². The second-order valence-electron chi connectivity index (χ2n) is 6.42. The summed E-state index contributed by atoms with van der Waals surface area (Å²) >= 11 is 6.26. The lowest BCUT2D eigenvalue weighted by atomic mass is 10.1. The number of thioether (sulfide) groups is 1. The number of hydrogen-bond donors (Lipinski definition) is 1. The van der Waals surface area contributed by atoms with Gasteiger partial charge in [-0.05, 0) is 24.7 Å². The lowest BCUT2D eigenvalue weighted by Gasteiger charge is -2.17. The van der Waals surface area contributed by atoms with E-state index in [0.717, 1.165) is 53.7 Å². The van der Waals surface area contributed by atoms with E-state index in [9.17, 15) is 14.4 Å². The maximum atomic E-state index is 13.1. The Hall–Kier alpha value is -2.19. The summed E-state index contributed by atoms with van der Waals surface area (Å²) in [6.45, 7) is 4.07. The molecule has 0 radical (unpaired) electrons. The largest absolute Gasteiger partial charge is 0.308 e. The monoisotopic (exact) mass is 403 g/mol. The zero-order valence-corrected chi connectivity index (χ0v) is 16.9. The second kappa shape index (κ2) is 8.22. The van der Waals surface area contributed by atoms with Gasteiger partial charge in [0.1, 0.15) is 0 Å². The lowest BCUT2D eigenvalue weighted by molar-refractivity contribution is -0.132. The van der Waals surface area contributed by atoms with E-state index in [4.69, 9.17) is 12.2 Å². The first kappa shape index (κ1) is 19.6. The Kier molecular flexibility index (Phi) is 5.96. The van der Waals surface area contributed by atoms with Gasteiger partial charge in [-0.25, -0.2) is 0 Å². The van der Waals surface area contributed by atoms with Crippen LogP contribution in [-0.4, -0.2) is 33.6 Å². The van der Waals surface area contributed by atoms with E-state index in [1.165, 1.54) is 6.92 Å². The van der Waals surface area contributed by atoms with Crippen LogP contribution in [0.1, 0.15) is 45.1 Å². The van der Waals surface area contributed by atoms with Crippen molar-refractivity contribution in [3.05, 3.63) is 34.7 Å². The topological polar surface area (TPSA) is 69.7 Å². The molecule has 27 heavy (non-hydrogen) atoms. The smallest absolute Gasteiger partial charge is 0.286 e. The second-order valence-corrected chi connectivity index (χ2v) is 8.06. The first-order valence-corrected chi connectivity index (χ1v) is 10.2. The highest BCUT2D eigenvalue weighted by Gasteiger charge is 2.42. The molecular weight excluding hydrogens is 382 g/mol. The first-order valence-electron chi connectivity index (χ1n) is 8.94. The average Bonchev–Trinajstić information content (AvgIpc) is 3.06. The number of para-hydroxylation sites is 1. The molecule has 1 fully saturated rings. The fourth-order valence-corrected chi connectivity index (χ4v) is 4.44. The number of nitrogens with zero attached hydrogens (tertiary/aromatic N) is 2. The number of nitrogens with one attached hydrogen (secondary N) is 1. The van der Waals surface area contributed by atoms with Gasteiger partial charge in [-0.1, -0.05) is 56.1 Å². The highest BCUT2D eigenvalue weighted by Crippen LogP contribution is 2.44. The van der Waals surface area contributed by atoms with Crippen LogP contribution in [0, 0.1) is 0 Å². The SMILES string of the molecule is CCCCCCN1C(=O)/C(=C2\SC(=S)N(NC(C)=O)C2=O)c2ccccc21. The molecule has 1 aromatic carbocycles. The Balaban J connectivity index is 1.95. The zero-order valence-electron chi connectivity index (χ0n) is 15.3. The Morgan fingerprint density at radius 3 is 2.59 bits per heavy atom. The third kappa shape index (κ3) is 3.77. The van der Waals surface area contributed by atoms with E-state index in [1.807, 2.05) is 24.3 Å². The van der Waals surface area contributed by atoms with Crippen LogP contribution in [0.3, 0.4) is 0 Å². The molecule has 2 heterocycles. The van der Waals surface area contributed by atoms with Crippen molar-refractivity contribution in [1.29, 1.82) is 0 Å². The molecule has 0 unspecified atom stereocenters. The van der Waals surface area contributed by atoms with Crippen molar-refractivity contribution in [2.45, 2.75) is 39.5 Å². The van der Waals surface area contributed by atoms with Crippen LogP contribution < -0.4 is 10.3 Å². The van der Waals surface area contributed by atoms with E-state index in [-0.39, 0.29) is 15.1 Å². The molecule has 2 aliphatic heterocycles. The van der Waals surface area contributed by atoms with Crippen LogP contribution in [-0.2, 0) is 14.4 Å². The van der Waals surface area contributed by atoms with Crippen molar-refractivity contribution in [1.82, 2.24) is 10.4 Å². The normalized spacial score (nSPS) is 19.1. The standard InChI is InChI=1S/C19H21N3O3S2/c1-3-4-5-8-11-21-14-10-7-6-9-13(14)15(17(21)24)16-18(25)22(19(26)27-16)20-12(2)23/h6-7,9-10H,3-5,8,11H2,1-2H3,(H,20,23)/b16-15-. The van der Waals surface area contributed by atoms with Crippen molar-refractivity contribution in [2.75, 3.05) is 11.4 Å². The number of hydrogen-bond acceptors (Lipinski definition) is 5. The summed E-state index contributed by atoms with van der Waals surface area (Å²) in [5, 5.41) is 1.03. The Morgan fingerprint density at radius 1 is 1.15 bits per heavy atom. The Labute approximate surface area is 167 Å². The lowest BCUT2D eigenvalue weighted by Crippen LogP contribution is -2.43. The highest BCUT2D eigenvalue weighted by atomic mass is 32.2. The molecular formula is C19H21N3O3S2. The van der Waals surface area contributed by atoms with Gasteiger partial charge in [0.25, 0.3) is 11.8 Å². The van der Waals surface area contributed by atoms with Crippen LogP contribution in [0.4, 0.5) is 5.69 Å². The predicted octanol–water partition coefficient (Wildman–Crippen LogP) is 3.24. The van der Waals surface area contributed by atoms with Gasteiger partial charge in [-0.15, -0.1) is 0 Å². The van der Waals surface area contributed by atoms with Crippen molar-refractivity contribution in [2.24, 2.45) is 0 Å². The predicted molar refractivity (Wildman–Crippen MR) is 111 cm³/mol. The molecule has 0 bridgehead atoms. The van der Waals surface area contributed by atoms with Crippen molar-refractivity contribution in [3.63, 3.8) is 0 Å². The molecule has 2 aliphatic rings. The summed E-state index contributed by atoms with van der Waals surface area (Å²) in [7, 11) is 0. The number of carbonyl (C=O) groups is 3. The number of anilines is 1. The molecule has 6 nitrogen and oxygen atoms in total. The minimum Gasteiger partial charge on any atom is -0.308 e. The van der Waals surface area contributed by atoms with E-state index >= 15 is 0 Å². The molecule has 8 heteroatoms. The molecule has 0 spiro atoms. The van der Waals surface area contributed by atoms with Gasteiger partial charge >= 0.3 is 0 Å². The average molecular weight is 404 g/mol. The van der Waals surface area contributed by atoms with Gasteiger partial charge in [-0.3, -0.25) is 19.8 Å². The van der Waals surface area contributed by atoms with Crippen LogP contribution in [0.5, 0.6) is 0 Å². The minimum absolute atomic E-state index is 0.184. The number of carbonyl (C=O) groups excluding carboxylic acids is 3.